The molecule has 3 fully saturated rings. The summed E-state index contributed by atoms with van der Waals surface area (Å²) in [4.78, 5) is 56.1. The lowest BCUT2D eigenvalue weighted by molar-refractivity contribution is -0.141. The van der Waals surface area contributed by atoms with Gasteiger partial charge in [-0.15, -0.1) is 0 Å². The molecule has 2 bridgehead atoms. The number of amides is 3. The number of carboxylic acid groups (broad SMARTS) is 1. The molecule has 11 nitrogen and oxygen atoms in total. The predicted molar refractivity (Wildman–Crippen MR) is 136 cm³/mol. The Morgan fingerprint density at radius 3 is 2.66 bits per heavy atom. The maximum atomic E-state index is 13.5. The van der Waals surface area contributed by atoms with Crippen molar-refractivity contribution in [3.8, 4) is 6.07 Å². The molecule has 0 radical (unpaired) electrons. The molecule has 3 saturated heterocycles. The van der Waals surface area contributed by atoms with Gasteiger partial charge in [-0.2, -0.15) is 5.26 Å². The molecule has 204 valence electrons. The SMILES string of the molecule is C[C@@H](c1cccc(C(=O)O)c1)N1C(=O)[C@H]2C[C@@H]1CN2C[C@H](NC(=O)OC(C)(C)C)C(=O)N1CCC[C@H]1C#N. The summed E-state index contributed by atoms with van der Waals surface area (Å²) in [7, 11) is 0. The zero-order valence-electron chi connectivity index (χ0n) is 22.2. The maximum Gasteiger partial charge on any atom is 0.408 e. The van der Waals surface area contributed by atoms with Crippen molar-refractivity contribution in [2.75, 3.05) is 19.6 Å². The molecule has 3 amide bonds. The minimum atomic E-state index is -1.02. The smallest absolute Gasteiger partial charge is 0.408 e. The van der Waals surface area contributed by atoms with Gasteiger partial charge < -0.3 is 25.0 Å². The van der Waals surface area contributed by atoms with Gasteiger partial charge in [0.2, 0.25) is 11.8 Å². The Morgan fingerprint density at radius 1 is 1.29 bits per heavy atom. The lowest BCUT2D eigenvalue weighted by atomic mass is 10.0. The number of fused-ring (bicyclic) bond motifs is 2. The summed E-state index contributed by atoms with van der Waals surface area (Å²) in [5.74, 6) is -1.47. The van der Waals surface area contributed by atoms with Crippen molar-refractivity contribution < 1.29 is 29.0 Å². The Bertz CT molecular complexity index is 1160. The lowest BCUT2D eigenvalue weighted by Gasteiger charge is -2.39. The first kappa shape index (κ1) is 27.4. The number of hydrogen-bond donors (Lipinski definition) is 2. The fourth-order valence-corrected chi connectivity index (χ4v) is 5.73. The third-order valence-corrected chi connectivity index (χ3v) is 7.44. The molecule has 3 aliphatic rings. The van der Waals surface area contributed by atoms with Gasteiger partial charge in [-0.05, 0) is 64.7 Å². The van der Waals surface area contributed by atoms with Gasteiger partial charge in [-0.1, -0.05) is 12.1 Å². The summed E-state index contributed by atoms with van der Waals surface area (Å²) < 4.78 is 5.38. The maximum absolute atomic E-state index is 13.5. The van der Waals surface area contributed by atoms with E-state index in [1.54, 1.807) is 37.8 Å². The highest BCUT2D eigenvalue weighted by Gasteiger charge is 2.52. The molecule has 2 N–H and O–H groups in total. The van der Waals surface area contributed by atoms with E-state index < -0.39 is 35.8 Å². The minimum Gasteiger partial charge on any atom is -0.478 e. The number of hydrogen-bond acceptors (Lipinski definition) is 7. The van der Waals surface area contributed by atoms with Crippen LogP contribution in [0.5, 0.6) is 0 Å². The summed E-state index contributed by atoms with van der Waals surface area (Å²) >= 11 is 0. The van der Waals surface area contributed by atoms with Gasteiger partial charge in [0.1, 0.15) is 17.7 Å². The van der Waals surface area contributed by atoms with E-state index in [-0.39, 0.29) is 36.0 Å². The van der Waals surface area contributed by atoms with Gasteiger partial charge >= 0.3 is 12.1 Å². The average molecular weight is 526 g/mol. The summed E-state index contributed by atoms with van der Waals surface area (Å²) in [6.45, 7) is 8.16. The van der Waals surface area contributed by atoms with Crippen LogP contribution in [0.15, 0.2) is 24.3 Å². The third-order valence-electron chi connectivity index (χ3n) is 7.44. The molecule has 0 aliphatic carbocycles. The topological polar surface area (TPSA) is 143 Å². The van der Waals surface area contributed by atoms with E-state index in [2.05, 4.69) is 11.4 Å². The Hall–Kier alpha value is -3.65. The molecule has 1 aromatic rings. The average Bonchev–Trinajstić information content (AvgIpc) is 3.56. The largest absolute Gasteiger partial charge is 0.478 e. The number of aromatic carboxylic acids is 1. The molecule has 0 saturated carbocycles. The minimum absolute atomic E-state index is 0.0889. The van der Waals surface area contributed by atoms with Crippen LogP contribution in [-0.2, 0) is 14.3 Å². The number of carboxylic acids is 1. The number of alkyl carbamates (subject to hydrolysis) is 1. The summed E-state index contributed by atoms with van der Waals surface area (Å²) in [6, 6.07) is 6.38. The van der Waals surface area contributed by atoms with E-state index in [0.717, 1.165) is 5.56 Å². The normalized spacial score (nSPS) is 24.7. The number of nitrogens with one attached hydrogen (secondary N) is 1. The highest BCUT2D eigenvalue weighted by atomic mass is 16.6. The number of ether oxygens (including phenoxy) is 1. The monoisotopic (exact) mass is 525 g/mol. The number of carbonyl (C=O) groups excluding carboxylic acids is 3. The summed E-state index contributed by atoms with van der Waals surface area (Å²) in [5, 5.41) is 21.5. The molecule has 5 atom stereocenters. The molecule has 0 aromatic heterocycles. The van der Waals surface area contributed by atoms with Crippen LogP contribution in [-0.4, -0.2) is 93.1 Å². The zero-order valence-corrected chi connectivity index (χ0v) is 22.2. The Kier molecular flexibility index (Phi) is 7.65. The number of benzene rings is 1. The second-order valence-corrected chi connectivity index (χ2v) is 11.2. The van der Waals surface area contributed by atoms with Crippen molar-refractivity contribution in [1.82, 2.24) is 20.0 Å². The molecule has 3 heterocycles. The summed E-state index contributed by atoms with van der Waals surface area (Å²) in [5.41, 5.74) is 0.158. The van der Waals surface area contributed by atoms with E-state index in [0.29, 0.717) is 32.4 Å². The number of nitrogens with zero attached hydrogens (tertiary/aromatic N) is 4. The van der Waals surface area contributed by atoms with Crippen LogP contribution in [0.4, 0.5) is 4.79 Å². The van der Waals surface area contributed by atoms with Crippen LogP contribution in [0, 0.1) is 11.3 Å². The van der Waals surface area contributed by atoms with E-state index in [9.17, 15) is 29.5 Å². The molecule has 0 unspecified atom stereocenters. The van der Waals surface area contributed by atoms with E-state index in [1.807, 2.05) is 17.9 Å². The van der Waals surface area contributed by atoms with E-state index in [4.69, 9.17) is 4.74 Å². The van der Waals surface area contributed by atoms with Gasteiger partial charge in [0, 0.05) is 25.7 Å². The van der Waals surface area contributed by atoms with Crippen molar-refractivity contribution in [3.05, 3.63) is 35.4 Å². The van der Waals surface area contributed by atoms with Crippen LogP contribution in [0.3, 0.4) is 0 Å². The Balaban J connectivity index is 1.49. The Morgan fingerprint density at radius 2 is 2.03 bits per heavy atom. The van der Waals surface area contributed by atoms with Crippen molar-refractivity contribution in [2.45, 2.75) is 82.8 Å². The first-order valence-electron chi connectivity index (χ1n) is 13.0. The highest BCUT2D eigenvalue weighted by molar-refractivity contribution is 5.89. The molecule has 4 rings (SSSR count). The van der Waals surface area contributed by atoms with Crippen molar-refractivity contribution in [1.29, 1.82) is 5.26 Å². The van der Waals surface area contributed by atoms with Gasteiger partial charge in [0.05, 0.1) is 23.7 Å². The molecular formula is C27H35N5O6. The fraction of sp³-hybridized carbons (Fsp3) is 0.593. The second-order valence-electron chi connectivity index (χ2n) is 11.2. The van der Waals surface area contributed by atoms with Crippen LogP contribution in [0.25, 0.3) is 0 Å². The first-order chi connectivity index (χ1) is 17.9. The molecule has 0 spiro atoms. The highest BCUT2D eigenvalue weighted by Crippen LogP contribution is 2.38. The van der Waals surface area contributed by atoms with Gasteiger partial charge in [-0.3, -0.25) is 14.5 Å². The molecule has 38 heavy (non-hydrogen) atoms. The lowest BCUT2D eigenvalue weighted by Crippen LogP contribution is -2.59. The second kappa shape index (κ2) is 10.6. The number of rotatable bonds is 7. The van der Waals surface area contributed by atoms with Crippen molar-refractivity contribution in [2.24, 2.45) is 0 Å². The van der Waals surface area contributed by atoms with E-state index in [1.165, 1.54) is 11.0 Å². The standard InChI is InChI=1S/C27H35N5O6/c1-16(17-7-5-8-18(11-17)25(35)36)32-20-12-22(24(32)34)30(14-20)15-21(29-26(37)38-27(2,3)4)23(33)31-10-6-9-19(31)13-28/h5,7-8,11,16,19-22H,6,9-10,12,14-15H2,1-4H3,(H,29,37)(H,35,36)/t16-,19-,20+,21-,22+/m0/s1. The number of nitriles is 1. The van der Waals surface area contributed by atoms with E-state index >= 15 is 0 Å². The van der Waals surface area contributed by atoms with Crippen LogP contribution in [0.2, 0.25) is 0 Å². The number of piperazine rings is 1. The molecule has 11 heteroatoms. The third kappa shape index (κ3) is 5.60. The van der Waals surface area contributed by atoms with Crippen molar-refractivity contribution in [3.63, 3.8) is 0 Å². The van der Waals surface area contributed by atoms with Gasteiger partial charge in [-0.25, -0.2) is 9.59 Å². The van der Waals surface area contributed by atoms with Gasteiger partial charge in [0.25, 0.3) is 0 Å². The fourth-order valence-electron chi connectivity index (χ4n) is 5.73. The van der Waals surface area contributed by atoms with Gasteiger partial charge in [0.15, 0.2) is 0 Å². The molecular weight excluding hydrogens is 490 g/mol. The molecule has 1 aromatic carbocycles. The molecule has 3 aliphatic heterocycles. The summed E-state index contributed by atoms with van der Waals surface area (Å²) in [6.07, 6.45) is 1.16. The number of carbonyl (C=O) groups is 4. The first-order valence-corrected chi connectivity index (χ1v) is 13.0. The van der Waals surface area contributed by atoms with Crippen molar-refractivity contribution >= 4 is 23.9 Å². The number of likely N-dealkylation sites (tertiary alicyclic amines) is 3. The van der Waals surface area contributed by atoms with Crippen LogP contribution >= 0.6 is 0 Å². The predicted octanol–water partition coefficient (Wildman–Crippen LogP) is 2.14. The zero-order chi connectivity index (χ0) is 27.8. The van der Waals surface area contributed by atoms with Crippen LogP contribution < -0.4 is 5.32 Å². The van der Waals surface area contributed by atoms with Crippen LogP contribution in [0.1, 0.15) is 68.9 Å². The quantitative estimate of drug-likeness (QED) is 0.551. The Labute approximate surface area is 222 Å².